The molecule has 0 aliphatic heterocycles. The maximum atomic E-state index is 8.61. The lowest BCUT2D eigenvalue weighted by Crippen LogP contribution is -2.15. The van der Waals surface area contributed by atoms with E-state index >= 15 is 0 Å². The second-order valence-electron chi connectivity index (χ2n) is 3.64. The van der Waals surface area contributed by atoms with E-state index in [0.29, 0.717) is 16.5 Å². The highest BCUT2D eigenvalue weighted by atomic mass is 35.5. The van der Waals surface area contributed by atoms with Gasteiger partial charge in [-0.2, -0.15) is 0 Å². The van der Waals surface area contributed by atoms with E-state index in [2.05, 4.69) is 15.1 Å². The number of thioether (sulfide) groups is 1. The molecule has 19 heavy (non-hydrogen) atoms. The third-order valence-corrected chi connectivity index (χ3v) is 3.52. The van der Waals surface area contributed by atoms with Gasteiger partial charge in [0, 0.05) is 18.1 Å². The number of hydrogen-bond acceptors (Lipinski definition) is 5. The highest BCUT2D eigenvalue weighted by molar-refractivity contribution is 7.98. The van der Waals surface area contributed by atoms with Crippen LogP contribution in [-0.2, 0) is 5.75 Å². The van der Waals surface area contributed by atoms with Gasteiger partial charge in [0.1, 0.15) is 5.69 Å². The molecule has 0 saturated heterocycles. The van der Waals surface area contributed by atoms with E-state index in [0.717, 1.165) is 10.6 Å². The van der Waals surface area contributed by atoms with Crippen LogP contribution in [0.5, 0.6) is 0 Å². The van der Waals surface area contributed by atoms with Gasteiger partial charge in [-0.25, -0.2) is 4.98 Å². The van der Waals surface area contributed by atoms with Crippen molar-refractivity contribution >= 4 is 29.2 Å². The maximum absolute atomic E-state index is 8.61. The minimum absolute atomic E-state index is 0.00327. The lowest BCUT2D eigenvalue weighted by atomic mass is 10.2. The molecule has 7 heteroatoms. The largest absolute Gasteiger partial charge is 0.409 e. The van der Waals surface area contributed by atoms with Crippen LogP contribution < -0.4 is 5.73 Å². The Morgan fingerprint density at radius 3 is 2.89 bits per heavy atom. The summed E-state index contributed by atoms with van der Waals surface area (Å²) in [6.45, 7) is 0. The fourth-order valence-corrected chi connectivity index (χ4v) is 2.26. The van der Waals surface area contributed by atoms with Crippen molar-refractivity contribution in [1.29, 1.82) is 0 Å². The van der Waals surface area contributed by atoms with Gasteiger partial charge < -0.3 is 10.9 Å². The number of pyridine rings is 2. The van der Waals surface area contributed by atoms with Crippen LogP contribution in [0.4, 0.5) is 0 Å². The fourth-order valence-electron chi connectivity index (χ4n) is 1.36. The Hall–Kier alpha value is -1.79. The summed E-state index contributed by atoms with van der Waals surface area (Å²) in [5.41, 5.74) is 6.95. The number of nitrogens with zero attached hydrogens (tertiary/aromatic N) is 3. The molecule has 0 atom stereocenters. The summed E-state index contributed by atoms with van der Waals surface area (Å²) < 4.78 is 0. The third kappa shape index (κ3) is 3.84. The molecule has 0 saturated carbocycles. The molecule has 0 amide bonds. The monoisotopic (exact) mass is 294 g/mol. The molecule has 0 unspecified atom stereocenters. The average Bonchev–Trinajstić information content (AvgIpc) is 2.46. The number of rotatable bonds is 4. The Balaban J connectivity index is 2.05. The minimum Gasteiger partial charge on any atom is -0.409 e. The Bertz CT molecular complexity index is 589. The number of halogens is 1. The molecule has 0 fully saturated rings. The molecule has 98 valence electrons. The van der Waals surface area contributed by atoms with Gasteiger partial charge in [-0.05, 0) is 29.8 Å². The zero-order chi connectivity index (χ0) is 13.7. The van der Waals surface area contributed by atoms with E-state index in [4.69, 9.17) is 22.5 Å². The first kappa shape index (κ1) is 13.6. The van der Waals surface area contributed by atoms with Crippen LogP contribution in [0.3, 0.4) is 0 Å². The zero-order valence-electron chi connectivity index (χ0n) is 9.82. The van der Waals surface area contributed by atoms with Crippen LogP contribution in [0, 0.1) is 0 Å². The van der Waals surface area contributed by atoms with Crippen LogP contribution in [0.2, 0.25) is 5.02 Å². The SMILES string of the molecule is NC(=NO)c1cc(CSc2ccc(Cl)cn2)ccn1. The molecule has 2 aromatic rings. The number of amidine groups is 1. The topological polar surface area (TPSA) is 84.4 Å². The van der Waals surface area contributed by atoms with Crippen LogP contribution in [-0.4, -0.2) is 21.0 Å². The Kier molecular flexibility index (Phi) is 4.59. The van der Waals surface area contributed by atoms with E-state index in [1.807, 2.05) is 12.1 Å². The number of aromatic nitrogens is 2. The summed E-state index contributed by atoms with van der Waals surface area (Å²) in [6, 6.07) is 7.30. The molecule has 2 rings (SSSR count). The Morgan fingerprint density at radius 1 is 1.37 bits per heavy atom. The molecule has 5 nitrogen and oxygen atoms in total. The molecule has 0 spiro atoms. The summed E-state index contributed by atoms with van der Waals surface area (Å²) >= 11 is 7.34. The van der Waals surface area contributed by atoms with Crippen LogP contribution in [0.15, 0.2) is 46.8 Å². The van der Waals surface area contributed by atoms with Crippen molar-refractivity contribution in [2.75, 3.05) is 0 Å². The van der Waals surface area contributed by atoms with Crippen molar-refractivity contribution < 1.29 is 5.21 Å². The standard InChI is InChI=1S/C12H11ClN4OS/c13-9-1-2-11(16-6-9)19-7-8-3-4-15-10(5-8)12(14)17-18/h1-6,18H,7H2,(H2,14,17). The summed E-state index contributed by atoms with van der Waals surface area (Å²) in [7, 11) is 0. The molecule has 0 aliphatic rings. The van der Waals surface area contributed by atoms with Crippen molar-refractivity contribution in [3.8, 4) is 0 Å². The highest BCUT2D eigenvalue weighted by Gasteiger charge is 2.03. The van der Waals surface area contributed by atoms with E-state index in [1.165, 1.54) is 0 Å². The van der Waals surface area contributed by atoms with Gasteiger partial charge in [0.25, 0.3) is 0 Å². The van der Waals surface area contributed by atoms with Crippen molar-refractivity contribution in [2.24, 2.45) is 10.9 Å². The molecule has 0 bridgehead atoms. The van der Waals surface area contributed by atoms with E-state index in [9.17, 15) is 0 Å². The van der Waals surface area contributed by atoms with E-state index in [1.54, 1.807) is 36.3 Å². The Labute approximate surface area is 119 Å². The van der Waals surface area contributed by atoms with Gasteiger partial charge >= 0.3 is 0 Å². The predicted octanol–water partition coefficient (Wildman–Crippen LogP) is 2.52. The van der Waals surface area contributed by atoms with Gasteiger partial charge in [0.15, 0.2) is 5.84 Å². The molecule has 0 aliphatic carbocycles. The van der Waals surface area contributed by atoms with Gasteiger partial charge in [-0.1, -0.05) is 16.8 Å². The molecule has 3 N–H and O–H groups in total. The summed E-state index contributed by atoms with van der Waals surface area (Å²) in [5, 5.41) is 13.0. The van der Waals surface area contributed by atoms with Crippen molar-refractivity contribution in [3.63, 3.8) is 0 Å². The van der Waals surface area contributed by atoms with Crippen molar-refractivity contribution in [3.05, 3.63) is 52.9 Å². The summed E-state index contributed by atoms with van der Waals surface area (Å²) in [5.74, 6) is 0.708. The summed E-state index contributed by atoms with van der Waals surface area (Å²) in [6.07, 6.45) is 3.23. The normalized spacial score (nSPS) is 11.5. The minimum atomic E-state index is -0.00327. The van der Waals surface area contributed by atoms with Gasteiger partial charge in [0.2, 0.25) is 0 Å². The predicted molar refractivity (Wildman–Crippen MR) is 75.6 cm³/mol. The molecule has 0 aromatic carbocycles. The second-order valence-corrected chi connectivity index (χ2v) is 5.07. The Morgan fingerprint density at radius 2 is 2.21 bits per heavy atom. The number of nitrogens with two attached hydrogens (primary N) is 1. The average molecular weight is 295 g/mol. The third-order valence-electron chi connectivity index (χ3n) is 2.28. The molecule has 0 radical (unpaired) electrons. The summed E-state index contributed by atoms with van der Waals surface area (Å²) in [4.78, 5) is 8.21. The van der Waals surface area contributed by atoms with Crippen LogP contribution >= 0.6 is 23.4 Å². The molecular weight excluding hydrogens is 284 g/mol. The lowest BCUT2D eigenvalue weighted by molar-refractivity contribution is 0.318. The van der Waals surface area contributed by atoms with E-state index in [-0.39, 0.29) is 5.84 Å². The highest BCUT2D eigenvalue weighted by Crippen LogP contribution is 2.21. The fraction of sp³-hybridized carbons (Fsp3) is 0.0833. The quantitative estimate of drug-likeness (QED) is 0.298. The van der Waals surface area contributed by atoms with Crippen LogP contribution in [0.25, 0.3) is 0 Å². The first-order chi connectivity index (χ1) is 9.19. The maximum Gasteiger partial charge on any atom is 0.188 e. The van der Waals surface area contributed by atoms with E-state index < -0.39 is 0 Å². The number of hydrogen-bond donors (Lipinski definition) is 2. The van der Waals surface area contributed by atoms with Gasteiger partial charge in [-0.3, -0.25) is 4.98 Å². The van der Waals surface area contributed by atoms with Crippen molar-refractivity contribution in [1.82, 2.24) is 9.97 Å². The zero-order valence-corrected chi connectivity index (χ0v) is 11.4. The van der Waals surface area contributed by atoms with Gasteiger partial charge in [-0.15, -0.1) is 11.8 Å². The second kappa shape index (κ2) is 6.40. The van der Waals surface area contributed by atoms with Crippen LogP contribution in [0.1, 0.15) is 11.3 Å². The number of oxime groups is 1. The molecule has 2 heterocycles. The molecule has 2 aromatic heterocycles. The van der Waals surface area contributed by atoms with Crippen molar-refractivity contribution in [2.45, 2.75) is 10.8 Å². The molecular formula is C12H11ClN4OS. The lowest BCUT2D eigenvalue weighted by Gasteiger charge is -2.03. The first-order valence-corrected chi connectivity index (χ1v) is 6.72. The first-order valence-electron chi connectivity index (χ1n) is 5.36. The smallest absolute Gasteiger partial charge is 0.188 e. The van der Waals surface area contributed by atoms with Gasteiger partial charge in [0.05, 0.1) is 10.0 Å².